The molecule has 5 unspecified atom stereocenters. The zero-order valence-electron chi connectivity index (χ0n) is 21.7. The van der Waals surface area contributed by atoms with Gasteiger partial charge < -0.3 is 20.3 Å². The maximum Gasteiger partial charge on any atom is 0.246 e. The Kier molecular flexibility index (Phi) is 7.20. The predicted molar refractivity (Wildman–Crippen MR) is 148 cm³/mol. The molecule has 2 saturated heterocycles. The average molecular weight is 583 g/mol. The molecule has 8 heteroatoms. The average Bonchev–Trinajstić information content (AvgIpc) is 3.57. The highest BCUT2D eigenvalue weighted by atomic mass is 79.9. The van der Waals surface area contributed by atoms with Crippen LogP contribution in [0.15, 0.2) is 52.5 Å². The Hall–Kier alpha value is -2.45. The van der Waals surface area contributed by atoms with E-state index < -0.39 is 29.6 Å². The molecule has 3 fully saturated rings. The summed E-state index contributed by atoms with van der Waals surface area (Å²) in [6.07, 6.45) is 16.1. The number of fused-ring (bicyclic) bond motifs is 1. The zero-order chi connectivity index (χ0) is 26.3. The van der Waals surface area contributed by atoms with Crippen molar-refractivity contribution in [1.29, 1.82) is 0 Å². The molecule has 3 aliphatic heterocycles. The third-order valence-electron chi connectivity index (χ3n) is 9.05. The number of hydrogen-bond donors (Lipinski definition) is 2. The number of amides is 3. The SMILES string of the molecule is O=C(Nc1ccc(Br)cc1)C1C2C=CC3(O2)C1C(=O)N(CCC1=CCCCC1)C3C(=O)NC1CCCCC1. The summed E-state index contributed by atoms with van der Waals surface area (Å²) < 4.78 is 7.39. The highest BCUT2D eigenvalue weighted by molar-refractivity contribution is 9.10. The second-order valence-electron chi connectivity index (χ2n) is 11.4. The molecular weight excluding hydrogens is 546 g/mol. The van der Waals surface area contributed by atoms with Gasteiger partial charge in [-0.15, -0.1) is 0 Å². The van der Waals surface area contributed by atoms with Crippen LogP contribution in [0.25, 0.3) is 0 Å². The maximum absolute atomic E-state index is 14.1. The van der Waals surface area contributed by atoms with Gasteiger partial charge in [0.15, 0.2) is 0 Å². The smallest absolute Gasteiger partial charge is 0.246 e. The van der Waals surface area contributed by atoms with Crippen LogP contribution in [-0.4, -0.2) is 53.0 Å². The molecule has 1 saturated carbocycles. The Morgan fingerprint density at radius 3 is 2.58 bits per heavy atom. The van der Waals surface area contributed by atoms with E-state index in [2.05, 4.69) is 32.6 Å². The number of carbonyl (C=O) groups excluding carboxylic acids is 3. The van der Waals surface area contributed by atoms with Crippen molar-refractivity contribution in [3.8, 4) is 0 Å². The van der Waals surface area contributed by atoms with Gasteiger partial charge in [-0.2, -0.15) is 0 Å². The van der Waals surface area contributed by atoms with Gasteiger partial charge in [0, 0.05) is 22.7 Å². The molecule has 5 atom stereocenters. The summed E-state index contributed by atoms with van der Waals surface area (Å²) in [6, 6.07) is 6.73. The van der Waals surface area contributed by atoms with E-state index in [-0.39, 0.29) is 23.8 Å². The Balaban J connectivity index is 1.27. The number of nitrogens with one attached hydrogen (secondary N) is 2. The van der Waals surface area contributed by atoms with Crippen molar-refractivity contribution in [3.63, 3.8) is 0 Å². The molecule has 1 spiro atoms. The zero-order valence-corrected chi connectivity index (χ0v) is 23.3. The lowest BCUT2D eigenvalue weighted by Crippen LogP contribution is -2.56. The van der Waals surface area contributed by atoms with Crippen LogP contribution in [0.2, 0.25) is 0 Å². The van der Waals surface area contributed by atoms with Gasteiger partial charge >= 0.3 is 0 Å². The van der Waals surface area contributed by atoms with Crippen molar-refractivity contribution in [3.05, 3.63) is 52.5 Å². The van der Waals surface area contributed by atoms with Crippen LogP contribution in [0.1, 0.15) is 64.2 Å². The lowest BCUT2D eigenvalue weighted by atomic mass is 9.74. The number of likely N-dealkylation sites (tertiary alicyclic amines) is 1. The number of ether oxygens (including phenoxy) is 1. The summed E-state index contributed by atoms with van der Waals surface area (Å²) >= 11 is 3.42. The van der Waals surface area contributed by atoms with E-state index in [4.69, 9.17) is 4.74 Å². The summed E-state index contributed by atoms with van der Waals surface area (Å²) in [7, 11) is 0. The molecule has 3 heterocycles. The van der Waals surface area contributed by atoms with E-state index in [1.165, 1.54) is 24.8 Å². The topological polar surface area (TPSA) is 87.7 Å². The van der Waals surface area contributed by atoms with E-state index in [9.17, 15) is 14.4 Å². The van der Waals surface area contributed by atoms with Crippen LogP contribution in [0, 0.1) is 11.8 Å². The van der Waals surface area contributed by atoms with Gasteiger partial charge in [0.1, 0.15) is 11.6 Å². The van der Waals surface area contributed by atoms with Crippen molar-refractivity contribution in [1.82, 2.24) is 10.2 Å². The Bertz CT molecular complexity index is 1160. The van der Waals surface area contributed by atoms with Crippen molar-refractivity contribution in [2.75, 3.05) is 11.9 Å². The minimum atomic E-state index is -1.11. The van der Waals surface area contributed by atoms with E-state index in [1.807, 2.05) is 36.4 Å². The Labute approximate surface area is 232 Å². The van der Waals surface area contributed by atoms with Gasteiger partial charge in [-0.25, -0.2) is 0 Å². The number of rotatable bonds is 7. The second-order valence-corrected chi connectivity index (χ2v) is 12.3. The molecule has 7 nitrogen and oxygen atoms in total. The Morgan fingerprint density at radius 2 is 1.84 bits per heavy atom. The standard InChI is InChI=1S/C30H36BrN3O4/c31-20-11-13-22(14-12-20)32-27(35)24-23-15-17-30(38-23)25(24)29(37)34(18-16-19-7-3-1-4-8-19)26(30)28(36)33-21-9-5-2-6-10-21/h7,11-15,17,21,23-26H,1-6,8-10,16,18H2,(H,32,35)(H,33,36). The van der Waals surface area contributed by atoms with Crippen LogP contribution in [0.4, 0.5) is 5.69 Å². The molecule has 202 valence electrons. The van der Waals surface area contributed by atoms with Gasteiger partial charge in [0.25, 0.3) is 0 Å². The summed E-state index contributed by atoms with van der Waals surface area (Å²) in [6.45, 7) is 0.467. The lowest BCUT2D eigenvalue weighted by molar-refractivity contribution is -0.141. The van der Waals surface area contributed by atoms with Crippen LogP contribution < -0.4 is 10.6 Å². The first-order chi connectivity index (χ1) is 18.5. The van der Waals surface area contributed by atoms with Crippen molar-refractivity contribution in [2.24, 2.45) is 11.8 Å². The second kappa shape index (κ2) is 10.6. The first-order valence-corrected chi connectivity index (χ1v) is 15.0. The van der Waals surface area contributed by atoms with E-state index in [0.29, 0.717) is 12.2 Å². The number of benzene rings is 1. The summed E-state index contributed by atoms with van der Waals surface area (Å²) in [5.74, 6) is -1.93. The number of allylic oxidation sites excluding steroid dienone is 1. The summed E-state index contributed by atoms with van der Waals surface area (Å²) in [4.78, 5) is 43.3. The molecule has 6 rings (SSSR count). The molecule has 38 heavy (non-hydrogen) atoms. The van der Waals surface area contributed by atoms with Crippen molar-refractivity contribution >= 4 is 39.3 Å². The lowest BCUT2D eigenvalue weighted by Gasteiger charge is -2.34. The molecule has 5 aliphatic rings. The number of anilines is 1. The first kappa shape index (κ1) is 25.8. The fraction of sp³-hybridized carbons (Fsp3) is 0.567. The third kappa shape index (κ3) is 4.64. The number of halogens is 1. The predicted octanol–water partition coefficient (Wildman–Crippen LogP) is 4.88. The number of carbonyl (C=O) groups is 3. The first-order valence-electron chi connectivity index (χ1n) is 14.2. The quantitative estimate of drug-likeness (QED) is 0.449. The molecule has 0 radical (unpaired) electrons. The number of hydrogen-bond acceptors (Lipinski definition) is 4. The molecule has 1 aromatic rings. The van der Waals surface area contributed by atoms with Crippen LogP contribution in [-0.2, 0) is 19.1 Å². The van der Waals surface area contributed by atoms with E-state index in [1.54, 1.807) is 4.90 Å². The number of nitrogens with zero attached hydrogens (tertiary/aromatic N) is 1. The molecule has 0 aromatic heterocycles. The highest BCUT2D eigenvalue weighted by Gasteiger charge is 2.72. The normalized spacial score (nSPS) is 32.3. The molecule has 1 aromatic carbocycles. The van der Waals surface area contributed by atoms with Crippen molar-refractivity contribution < 1.29 is 19.1 Å². The molecule has 3 amide bonds. The minimum Gasteiger partial charge on any atom is -0.359 e. The highest BCUT2D eigenvalue weighted by Crippen LogP contribution is 2.55. The van der Waals surface area contributed by atoms with Crippen LogP contribution >= 0.6 is 15.9 Å². The molecule has 2 aliphatic carbocycles. The van der Waals surface area contributed by atoms with E-state index in [0.717, 1.165) is 49.4 Å². The largest absolute Gasteiger partial charge is 0.359 e. The fourth-order valence-corrected chi connectivity index (χ4v) is 7.45. The fourth-order valence-electron chi connectivity index (χ4n) is 7.19. The Morgan fingerprint density at radius 1 is 1.05 bits per heavy atom. The van der Waals surface area contributed by atoms with E-state index >= 15 is 0 Å². The van der Waals surface area contributed by atoms with Crippen LogP contribution in [0.3, 0.4) is 0 Å². The summed E-state index contributed by atoms with van der Waals surface area (Å²) in [5.41, 5.74) is 0.913. The third-order valence-corrected chi connectivity index (χ3v) is 9.58. The van der Waals surface area contributed by atoms with Gasteiger partial charge in [0.05, 0.1) is 17.9 Å². The molecular formula is C30H36BrN3O4. The summed E-state index contributed by atoms with van der Waals surface area (Å²) in [5, 5.41) is 6.24. The minimum absolute atomic E-state index is 0.129. The van der Waals surface area contributed by atoms with Gasteiger partial charge in [-0.1, -0.05) is 59.0 Å². The van der Waals surface area contributed by atoms with Crippen molar-refractivity contribution in [2.45, 2.75) is 88.0 Å². The monoisotopic (exact) mass is 581 g/mol. The molecule has 2 N–H and O–H groups in total. The van der Waals surface area contributed by atoms with Gasteiger partial charge in [-0.3, -0.25) is 14.4 Å². The molecule has 2 bridgehead atoms. The van der Waals surface area contributed by atoms with Crippen LogP contribution in [0.5, 0.6) is 0 Å². The van der Waals surface area contributed by atoms with Gasteiger partial charge in [0.2, 0.25) is 17.7 Å². The van der Waals surface area contributed by atoms with Gasteiger partial charge in [-0.05, 0) is 69.2 Å². The maximum atomic E-state index is 14.1.